The highest BCUT2D eigenvalue weighted by molar-refractivity contribution is 7.99. The van der Waals surface area contributed by atoms with Gasteiger partial charge in [-0.15, -0.1) is 10.2 Å². The zero-order chi connectivity index (χ0) is 25.2. The van der Waals surface area contributed by atoms with Crippen molar-refractivity contribution in [2.24, 2.45) is 0 Å². The first-order valence-corrected chi connectivity index (χ1v) is 12.6. The Morgan fingerprint density at radius 3 is 2.58 bits per heavy atom. The van der Waals surface area contributed by atoms with Gasteiger partial charge in [0, 0.05) is 30.9 Å². The van der Waals surface area contributed by atoms with Gasteiger partial charge >= 0.3 is 5.97 Å². The van der Waals surface area contributed by atoms with Crippen molar-refractivity contribution in [1.82, 2.24) is 24.6 Å². The van der Waals surface area contributed by atoms with Crippen LogP contribution in [0.15, 0.2) is 72.1 Å². The summed E-state index contributed by atoms with van der Waals surface area (Å²) in [6.45, 7) is 4.34. The van der Waals surface area contributed by atoms with E-state index >= 15 is 0 Å². The molecule has 0 spiro atoms. The molecule has 1 atom stereocenters. The van der Waals surface area contributed by atoms with Gasteiger partial charge in [-0.2, -0.15) is 0 Å². The highest BCUT2D eigenvalue weighted by Crippen LogP contribution is 2.31. The molecule has 5 rings (SSSR count). The molecule has 0 unspecified atom stereocenters. The summed E-state index contributed by atoms with van der Waals surface area (Å²) in [5.41, 5.74) is 5.85. The number of carbonyl (C=O) groups is 2. The Kier molecular flexibility index (Phi) is 6.56. The lowest BCUT2D eigenvalue weighted by atomic mass is 9.94. The summed E-state index contributed by atoms with van der Waals surface area (Å²) in [5, 5.41) is 19.2. The van der Waals surface area contributed by atoms with Crippen molar-refractivity contribution >= 4 is 23.6 Å². The lowest BCUT2D eigenvalue weighted by Crippen LogP contribution is -2.49. The number of thioether (sulfide) groups is 1. The van der Waals surface area contributed by atoms with Crippen molar-refractivity contribution in [2.45, 2.75) is 38.0 Å². The van der Waals surface area contributed by atoms with Gasteiger partial charge in [-0.05, 0) is 48.7 Å². The number of fused-ring (bicyclic) bond motifs is 1. The third-order valence-electron chi connectivity index (χ3n) is 6.33. The van der Waals surface area contributed by atoms with Gasteiger partial charge in [-0.3, -0.25) is 14.3 Å². The van der Waals surface area contributed by atoms with Crippen molar-refractivity contribution in [1.29, 1.82) is 0 Å². The number of carboxylic acid groups (broad SMARTS) is 1. The molecule has 0 bridgehead atoms. The number of carboxylic acids is 1. The van der Waals surface area contributed by atoms with E-state index in [2.05, 4.69) is 21.2 Å². The molecule has 1 aliphatic rings. The van der Waals surface area contributed by atoms with Crippen LogP contribution in [0.25, 0.3) is 17.1 Å². The molecule has 0 saturated carbocycles. The van der Waals surface area contributed by atoms with E-state index in [1.807, 2.05) is 66.9 Å². The van der Waals surface area contributed by atoms with E-state index in [4.69, 9.17) is 0 Å². The highest BCUT2D eigenvalue weighted by Gasteiger charge is 2.34. The van der Waals surface area contributed by atoms with Crippen molar-refractivity contribution < 1.29 is 14.7 Å². The average molecular weight is 500 g/mol. The molecule has 2 aromatic heterocycles. The molecule has 0 aliphatic carbocycles. The molecule has 3 heterocycles. The smallest absolute Gasteiger partial charge is 0.326 e. The molecular formula is C27H25N5O3S. The zero-order valence-corrected chi connectivity index (χ0v) is 20.8. The number of hydrogen-bond donors (Lipinski definition) is 1. The van der Waals surface area contributed by atoms with Crippen molar-refractivity contribution in [3.63, 3.8) is 0 Å². The average Bonchev–Trinajstić information content (AvgIpc) is 3.30. The number of benzene rings is 2. The van der Waals surface area contributed by atoms with E-state index in [1.54, 1.807) is 12.4 Å². The Bertz CT molecular complexity index is 1440. The Labute approximate surface area is 213 Å². The summed E-state index contributed by atoms with van der Waals surface area (Å²) in [6, 6.07) is 16.7. The maximum absolute atomic E-state index is 13.3. The van der Waals surface area contributed by atoms with Crippen LogP contribution in [0.3, 0.4) is 0 Å². The normalized spacial score (nSPS) is 14.9. The molecule has 1 aliphatic heterocycles. The fraction of sp³-hybridized carbons (Fsp3) is 0.222. The third kappa shape index (κ3) is 4.61. The predicted molar refractivity (Wildman–Crippen MR) is 137 cm³/mol. The highest BCUT2D eigenvalue weighted by atomic mass is 32.2. The standard InChI is InChI=1S/C27H25N5O3S/c1-17-9-10-22(18(2)12-17)32-25(20-8-5-11-28-14-20)29-30-27(32)36-16-24(33)31-15-21-7-4-3-6-19(21)13-23(31)26(34)35/h3-12,14,23H,13,15-16H2,1-2H3,(H,34,35)/t23-/m1/s1. The van der Waals surface area contributed by atoms with Gasteiger partial charge in [0.25, 0.3) is 0 Å². The Morgan fingerprint density at radius 2 is 1.86 bits per heavy atom. The molecule has 1 amide bonds. The van der Waals surface area contributed by atoms with Gasteiger partial charge < -0.3 is 10.0 Å². The van der Waals surface area contributed by atoms with E-state index in [1.165, 1.54) is 16.7 Å². The van der Waals surface area contributed by atoms with E-state index in [-0.39, 0.29) is 18.2 Å². The summed E-state index contributed by atoms with van der Waals surface area (Å²) in [4.78, 5) is 31.0. The third-order valence-corrected chi connectivity index (χ3v) is 7.24. The topological polar surface area (TPSA) is 101 Å². The molecule has 0 saturated heterocycles. The fourth-order valence-electron chi connectivity index (χ4n) is 4.53. The minimum Gasteiger partial charge on any atom is -0.480 e. The second-order valence-corrected chi connectivity index (χ2v) is 9.75. The lowest BCUT2D eigenvalue weighted by Gasteiger charge is -2.34. The first kappa shape index (κ1) is 23.7. The number of carbonyl (C=O) groups excluding carboxylic acids is 1. The number of aromatic nitrogens is 4. The van der Waals surface area contributed by atoms with Crippen LogP contribution in [0.5, 0.6) is 0 Å². The maximum Gasteiger partial charge on any atom is 0.326 e. The van der Waals surface area contributed by atoms with Gasteiger partial charge in [0.2, 0.25) is 5.91 Å². The van der Waals surface area contributed by atoms with Crippen LogP contribution in [0.4, 0.5) is 0 Å². The van der Waals surface area contributed by atoms with Crippen LogP contribution in [0.2, 0.25) is 0 Å². The van der Waals surface area contributed by atoms with Crippen LogP contribution < -0.4 is 0 Å². The summed E-state index contributed by atoms with van der Waals surface area (Å²) in [7, 11) is 0. The monoisotopic (exact) mass is 499 g/mol. The van der Waals surface area contributed by atoms with E-state index in [0.717, 1.165) is 33.5 Å². The molecule has 1 N–H and O–H groups in total. The van der Waals surface area contributed by atoms with Crippen LogP contribution in [0.1, 0.15) is 22.3 Å². The Balaban J connectivity index is 1.45. The molecule has 182 valence electrons. The minimum absolute atomic E-state index is 0.0437. The first-order valence-electron chi connectivity index (χ1n) is 11.6. The fourth-order valence-corrected chi connectivity index (χ4v) is 5.36. The quantitative estimate of drug-likeness (QED) is 0.399. The van der Waals surface area contributed by atoms with Crippen molar-refractivity contribution in [3.05, 3.63) is 89.2 Å². The number of nitrogens with zero attached hydrogens (tertiary/aromatic N) is 5. The second-order valence-electron chi connectivity index (χ2n) is 8.81. The number of aryl methyl sites for hydroxylation is 2. The SMILES string of the molecule is Cc1ccc(-n2c(SCC(=O)N3Cc4ccccc4C[C@@H]3C(=O)O)nnc2-c2cccnc2)c(C)c1. The largest absolute Gasteiger partial charge is 0.480 e. The van der Waals surface area contributed by atoms with Gasteiger partial charge in [0.15, 0.2) is 11.0 Å². The van der Waals surface area contributed by atoms with Gasteiger partial charge in [-0.25, -0.2) is 4.79 Å². The van der Waals surface area contributed by atoms with Gasteiger partial charge in [0.1, 0.15) is 6.04 Å². The van der Waals surface area contributed by atoms with Crippen LogP contribution in [-0.4, -0.2) is 53.4 Å². The summed E-state index contributed by atoms with van der Waals surface area (Å²) < 4.78 is 1.93. The van der Waals surface area contributed by atoms with Gasteiger partial charge in [-0.1, -0.05) is 53.7 Å². The summed E-state index contributed by atoms with van der Waals surface area (Å²) in [6.07, 6.45) is 3.73. The second kappa shape index (κ2) is 9.94. The molecule has 4 aromatic rings. The van der Waals surface area contributed by atoms with Crippen molar-refractivity contribution in [2.75, 3.05) is 5.75 Å². The van der Waals surface area contributed by atoms with E-state index < -0.39 is 12.0 Å². The Hall–Kier alpha value is -3.98. The number of pyridine rings is 1. The zero-order valence-electron chi connectivity index (χ0n) is 20.0. The summed E-state index contributed by atoms with van der Waals surface area (Å²) >= 11 is 1.25. The molecule has 8 nitrogen and oxygen atoms in total. The number of aliphatic carboxylic acids is 1. The van der Waals surface area contributed by atoms with Gasteiger partial charge in [0.05, 0.1) is 11.4 Å². The van der Waals surface area contributed by atoms with Crippen LogP contribution in [-0.2, 0) is 22.6 Å². The first-order chi connectivity index (χ1) is 17.4. The molecule has 0 fully saturated rings. The molecule has 0 radical (unpaired) electrons. The van der Waals surface area contributed by atoms with Crippen LogP contribution in [0, 0.1) is 13.8 Å². The summed E-state index contributed by atoms with van der Waals surface area (Å²) in [5.74, 6) is -0.581. The maximum atomic E-state index is 13.3. The lowest BCUT2D eigenvalue weighted by molar-refractivity contribution is -0.150. The molecule has 2 aromatic carbocycles. The molecule has 36 heavy (non-hydrogen) atoms. The molecule has 9 heteroatoms. The van der Waals surface area contributed by atoms with Crippen molar-refractivity contribution in [3.8, 4) is 17.1 Å². The van der Waals surface area contributed by atoms with E-state index in [9.17, 15) is 14.7 Å². The number of rotatable bonds is 6. The van der Waals surface area contributed by atoms with Crippen LogP contribution >= 0.6 is 11.8 Å². The minimum atomic E-state index is -1.000. The predicted octanol–water partition coefficient (Wildman–Crippen LogP) is 4.08. The number of amides is 1. The Morgan fingerprint density at radius 1 is 1.06 bits per heavy atom. The van der Waals surface area contributed by atoms with E-state index in [0.29, 0.717) is 17.4 Å². The molecular weight excluding hydrogens is 474 g/mol. The number of hydrogen-bond acceptors (Lipinski definition) is 6.